The zero-order valence-corrected chi connectivity index (χ0v) is 14.2. The molecule has 0 unspecified atom stereocenters. The van der Waals surface area contributed by atoms with Crippen LogP contribution in [0.5, 0.6) is 0 Å². The molecule has 1 aliphatic rings. The van der Waals surface area contributed by atoms with E-state index in [1.165, 1.54) is 0 Å². The Morgan fingerprint density at radius 1 is 1.39 bits per heavy atom. The molecule has 2 rings (SSSR count). The number of carbonyl (C=O) groups excluding carboxylic acids is 1. The fourth-order valence-electron chi connectivity index (χ4n) is 2.04. The van der Waals surface area contributed by atoms with Gasteiger partial charge in [0, 0.05) is 19.6 Å². The average Bonchev–Trinajstić information content (AvgIpc) is 2.80. The van der Waals surface area contributed by atoms with E-state index >= 15 is 0 Å². The number of anilines is 1. The predicted molar refractivity (Wildman–Crippen MR) is 85.0 cm³/mol. The van der Waals surface area contributed by atoms with E-state index in [1.54, 1.807) is 20.8 Å². The maximum absolute atomic E-state index is 11.8. The number of carbonyl (C=O) groups is 2. The lowest BCUT2D eigenvalue weighted by atomic mass is 10.2. The summed E-state index contributed by atoms with van der Waals surface area (Å²) in [6.07, 6.45) is -0.652. The predicted octanol–water partition coefficient (Wildman–Crippen LogP) is 2.02. The molecule has 8 nitrogen and oxygen atoms in total. The second-order valence-electron chi connectivity index (χ2n) is 6.12. The van der Waals surface area contributed by atoms with Crippen LogP contribution in [0.1, 0.15) is 36.1 Å². The number of hydrogen-bond donors (Lipinski definition) is 2. The summed E-state index contributed by atoms with van der Waals surface area (Å²) in [5.41, 5.74) is -0.191. The highest BCUT2D eigenvalue weighted by atomic mass is 32.1. The van der Waals surface area contributed by atoms with Crippen LogP contribution < -0.4 is 5.32 Å². The van der Waals surface area contributed by atoms with Gasteiger partial charge in [0.25, 0.3) is 0 Å². The monoisotopic (exact) mass is 343 g/mol. The number of carboxylic acid groups (broad SMARTS) is 1. The van der Waals surface area contributed by atoms with Crippen molar-refractivity contribution in [1.82, 2.24) is 9.88 Å². The number of thiazole rings is 1. The summed E-state index contributed by atoms with van der Waals surface area (Å²) in [5, 5.41) is 12.0. The molecule has 1 aliphatic heterocycles. The lowest BCUT2D eigenvalue weighted by Gasteiger charge is -2.25. The van der Waals surface area contributed by atoms with Crippen molar-refractivity contribution in [3.05, 3.63) is 10.6 Å². The first-order chi connectivity index (χ1) is 10.7. The third kappa shape index (κ3) is 5.45. The molecule has 1 saturated heterocycles. The fourth-order valence-corrected chi connectivity index (χ4v) is 2.84. The minimum absolute atomic E-state index is 0.127. The maximum atomic E-state index is 11.8. The van der Waals surface area contributed by atoms with Gasteiger partial charge >= 0.3 is 12.1 Å². The van der Waals surface area contributed by atoms with Crippen LogP contribution in [0.2, 0.25) is 0 Å². The van der Waals surface area contributed by atoms with Crippen molar-refractivity contribution in [2.75, 3.05) is 31.6 Å². The third-order valence-corrected chi connectivity index (χ3v) is 3.98. The summed E-state index contributed by atoms with van der Waals surface area (Å²) in [6.45, 7) is 8.36. The molecular weight excluding hydrogens is 322 g/mol. The van der Waals surface area contributed by atoms with Crippen molar-refractivity contribution < 1.29 is 24.2 Å². The molecule has 0 spiro atoms. The number of carboxylic acids is 1. The van der Waals surface area contributed by atoms with Crippen molar-refractivity contribution in [1.29, 1.82) is 0 Å². The Morgan fingerprint density at radius 2 is 2.04 bits per heavy atom. The summed E-state index contributed by atoms with van der Waals surface area (Å²) in [7, 11) is 0. The quantitative estimate of drug-likeness (QED) is 0.862. The van der Waals surface area contributed by atoms with Crippen LogP contribution in [0.25, 0.3) is 0 Å². The third-order valence-electron chi connectivity index (χ3n) is 2.98. The van der Waals surface area contributed by atoms with Crippen LogP contribution in [0.4, 0.5) is 9.93 Å². The van der Waals surface area contributed by atoms with Gasteiger partial charge in [0.1, 0.15) is 10.5 Å². The maximum Gasteiger partial charge on any atom is 0.413 e. The zero-order chi connectivity index (χ0) is 17.0. The van der Waals surface area contributed by atoms with E-state index in [2.05, 4.69) is 15.2 Å². The van der Waals surface area contributed by atoms with Gasteiger partial charge in [-0.05, 0) is 20.8 Å². The molecular formula is C14H21N3O5S. The topological polar surface area (TPSA) is 101 Å². The average molecular weight is 343 g/mol. The molecule has 0 aromatic carbocycles. The SMILES string of the molecule is CC(C)(C)OC(=O)Nc1nc(CN2CCOCC2)c(C(=O)O)s1. The molecule has 0 bridgehead atoms. The van der Waals surface area contributed by atoms with Gasteiger partial charge in [-0.2, -0.15) is 0 Å². The summed E-state index contributed by atoms with van der Waals surface area (Å²) in [4.78, 5) is 29.6. The van der Waals surface area contributed by atoms with Gasteiger partial charge in [-0.1, -0.05) is 11.3 Å². The summed E-state index contributed by atoms with van der Waals surface area (Å²) >= 11 is 0.930. The summed E-state index contributed by atoms with van der Waals surface area (Å²) in [6, 6.07) is 0. The largest absolute Gasteiger partial charge is 0.477 e. The second-order valence-corrected chi connectivity index (χ2v) is 7.11. The molecule has 0 saturated carbocycles. The fraction of sp³-hybridized carbons (Fsp3) is 0.643. The molecule has 1 amide bonds. The highest BCUT2D eigenvalue weighted by Crippen LogP contribution is 2.25. The van der Waals surface area contributed by atoms with Crippen molar-refractivity contribution >= 4 is 28.5 Å². The first kappa shape index (κ1) is 17.6. The van der Waals surface area contributed by atoms with Gasteiger partial charge in [0.2, 0.25) is 0 Å². The van der Waals surface area contributed by atoms with Crippen molar-refractivity contribution in [2.24, 2.45) is 0 Å². The number of amides is 1. The number of nitrogens with one attached hydrogen (secondary N) is 1. The Kier molecular flexibility index (Phi) is 5.55. The van der Waals surface area contributed by atoms with E-state index in [-0.39, 0.29) is 10.0 Å². The number of rotatable bonds is 4. The van der Waals surface area contributed by atoms with Gasteiger partial charge in [-0.15, -0.1) is 0 Å². The Morgan fingerprint density at radius 3 is 2.61 bits per heavy atom. The summed E-state index contributed by atoms with van der Waals surface area (Å²) in [5.74, 6) is -1.05. The number of aromatic nitrogens is 1. The van der Waals surface area contributed by atoms with Crippen molar-refractivity contribution in [2.45, 2.75) is 32.9 Å². The number of morpholine rings is 1. The molecule has 1 fully saturated rings. The smallest absolute Gasteiger partial charge is 0.413 e. The lowest BCUT2D eigenvalue weighted by Crippen LogP contribution is -2.36. The molecule has 23 heavy (non-hydrogen) atoms. The minimum Gasteiger partial charge on any atom is -0.477 e. The van der Waals surface area contributed by atoms with E-state index in [1.807, 2.05) is 0 Å². The van der Waals surface area contributed by atoms with E-state index < -0.39 is 17.7 Å². The normalized spacial score (nSPS) is 16.1. The Hall–Kier alpha value is -1.71. The molecule has 0 atom stereocenters. The van der Waals surface area contributed by atoms with E-state index in [0.717, 1.165) is 24.4 Å². The highest BCUT2D eigenvalue weighted by molar-refractivity contribution is 7.17. The lowest BCUT2D eigenvalue weighted by molar-refractivity contribution is 0.0335. The van der Waals surface area contributed by atoms with Gasteiger partial charge in [0.05, 0.1) is 18.9 Å². The molecule has 2 N–H and O–H groups in total. The minimum atomic E-state index is -1.05. The van der Waals surface area contributed by atoms with Crippen LogP contribution in [0.15, 0.2) is 0 Å². The van der Waals surface area contributed by atoms with E-state index in [0.29, 0.717) is 25.5 Å². The van der Waals surface area contributed by atoms with Gasteiger partial charge in [0.15, 0.2) is 5.13 Å². The number of ether oxygens (including phenoxy) is 2. The molecule has 2 heterocycles. The number of nitrogens with zero attached hydrogens (tertiary/aromatic N) is 2. The van der Waals surface area contributed by atoms with Crippen molar-refractivity contribution in [3.8, 4) is 0 Å². The molecule has 1 aromatic rings. The second kappa shape index (κ2) is 7.24. The van der Waals surface area contributed by atoms with Crippen LogP contribution in [0, 0.1) is 0 Å². The van der Waals surface area contributed by atoms with E-state index in [4.69, 9.17) is 9.47 Å². The standard InChI is InChI=1S/C14H21N3O5S/c1-14(2,3)22-13(20)16-12-15-9(10(23-12)11(18)19)8-17-4-6-21-7-5-17/h4-8H2,1-3H3,(H,18,19)(H,15,16,20). The van der Waals surface area contributed by atoms with Gasteiger partial charge < -0.3 is 14.6 Å². The number of aromatic carboxylic acids is 1. The van der Waals surface area contributed by atoms with Crippen LogP contribution in [-0.4, -0.2) is 59.0 Å². The van der Waals surface area contributed by atoms with Crippen LogP contribution in [-0.2, 0) is 16.0 Å². The Labute approximate surface area is 138 Å². The molecule has 0 radical (unpaired) electrons. The van der Waals surface area contributed by atoms with Crippen LogP contribution >= 0.6 is 11.3 Å². The molecule has 1 aromatic heterocycles. The van der Waals surface area contributed by atoms with Gasteiger partial charge in [-0.25, -0.2) is 14.6 Å². The molecule has 128 valence electrons. The van der Waals surface area contributed by atoms with E-state index in [9.17, 15) is 14.7 Å². The first-order valence-corrected chi connectivity index (χ1v) is 8.09. The zero-order valence-electron chi connectivity index (χ0n) is 13.4. The van der Waals surface area contributed by atoms with Crippen LogP contribution in [0.3, 0.4) is 0 Å². The first-order valence-electron chi connectivity index (χ1n) is 7.28. The summed E-state index contributed by atoms with van der Waals surface area (Å²) < 4.78 is 10.4. The highest BCUT2D eigenvalue weighted by Gasteiger charge is 2.23. The molecule has 0 aliphatic carbocycles. The van der Waals surface area contributed by atoms with Crippen molar-refractivity contribution in [3.63, 3.8) is 0 Å². The molecule has 9 heteroatoms. The number of hydrogen-bond acceptors (Lipinski definition) is 7. The Balaban J connectivity index is 2.08. The Bertz CT molecular complexity index is 575. The van der Waals surface area contributed by atoms with Gasteiger partial charge in [-0.3, -0.25) is 10.2 Å².